The molecular weight excluding hydrogens is 176 g/mol. The summed E-state index contributed by atoms with van der Waals surface area (Å²) in [5.41, 5.74) is 4.34. The van der Waals surface area contributed by atoms with E-state index in [9.17, 15) is 0 Å². The lowest BCUT2D eigenvalue weighted by molar-refractivity contribution is 0.564. The molecule has 0 fully saturated rings. The van der Waals surface area contributed by atoms with Crippen molar-refractivity contribution in [3.8, 4) is 0 Å². The van der Waals surface area contributed by atoms with Crippen molar-refractivity contribution >= 4 is 11.2 Å². The molecule has 2 rings (SSSR count). The van der Waals surface area contributed by atoms with E-state index < -0.39 is 0 Å². The van der Waals surface area contributed by atoms with Gasteiger partial charge >= 0.3 is 0 Å². The first kappa shape index (κ1) is 9.38. The van der Waals surface area contributed by atoms with E-state index in [2.05, 4.69) is 13.8 Å². The second kappa shape index (κ2) is 3.19. The SMILES string of the molecule is CCc1c(C)oc2c(CC)c(C)oc12. The number of hydrogen-bond donors (Lipinski definition) is 0. The summed E-state index contributed by atoms with van der Waals surface area (Å²) in [4.78, 5) is 0. The fourth-order valence-electron chi connectivity index (χ4n) is 2.06. The Morgan fingerprint density at radius 2 is 1.14 bits per heavy atom. The fraction of sp³-hybridized carbons (Fsp3) is 0.500. The van der Waals surface area contributed by atoms with Gasteiger partial charge in [0, 0.05) is 11.1 Å². The molecule has 2 heteroatoms. The zero-order valence-electron chi connectivity index (χ0n) is 9.23. The first-order valence-electron chi connectivity index (χ1n) is 5.19. The zero-order valence-corrected chi connectivity index (χ0v) is 9.23. The van der Waals surface area contributed by atoms with Gasteiger partial charge in [0.05, 0.1) is 0 Å². The lowest BCUT2D eigenvalue weighted by atomic mass is 10.1. The number of hydrogen-bond acceptors (Lipinski definition) is 2. The van der Waals surface area contributed by atoms with Crippen LogP contribution in [0.4, 0.5) is 0 Å². The van der Waals surface area contributed by atoms with Gasteiger partial charge in [-0.3, -0.25) is 0 Å². The highest BCUT2D eigenvalue weighted by molar-refractivity contribution is 5.80. The van der Waals surface area contributed by atoms with Crippen LogP contribution in [0.3, 0.4) is 0 Å². The summed E-state index contributed by atoms with van der Waals surface area (Å²) >= 11 is 0. The van der Waals surface area contributed by atoms with Crippen LogP contribution in [0.2, 0.25) is 0 Å². The molecule has 2 heterocycles. The molecule has 0 saturated carbocycles. The van der Waals surface area contributed by atoms with Crippen LogP contribution in [0.15, 0.2) is 8.83 Å². The minimum absolute atomic E-state index is 0.958. The molecule has 0 spiro atoms. The summed E-state index contributed by atoms with van der Waals surface area (Å²) < 4.78 is 11.5. The maximum Gasteiger partial charge on any atom is 0.176 e. The topological polar surface area (TPSA) is 26.3 Å². The lowest BCUT2D eigenvalue weighted by Crippen LogP contribution is -1.79. The third kappa shape index (κ3) is 1.10. The van der Waals surface area contributed by atoms with Gasteiger partial charge in [-0.15, -0.1) is 0 Å². The van der Waals surface area contributed by atoms with Crippen molar-refractivity contribution in [2.45, 2.75) is 40.5 Å². The summed E-state index contributed by atoms with van der Waals surface area (Å²) in [6.45, 7) is 8.26. The average molecular weight is 192 g/mol. The van der Waals surface area contributed by atoms with Crippen molar-refractivity contribution in [3.05, 3.63) is 22.6 Å². The molecule has 0 amide bonds. The Labute approximate surface area is 83.9 Å². The van der Waals surface area contributed by atoms with Crippen LogP contribution >= 0.6 is 0 Å². The predicted molar refractivity (Wildman–Crippen MR) is 56.7 cm³/mol. The molecule has 0 aliphatic heterocycles. The van der Waals surface area contributed by atoms with Gasteiger partial charge in [-0.05, 0) is 26.7 Å². The molecule has 2 aromatic rings. The van der Waals surface area contributed by atoms with E-state index in [0.29, 0.717) is 0 Å². The average Bonchev–Trinajstić information content (AvgIpc) is 2.58. The van der Waals surface area contributed by atoms with Gasteiger partial charge in [-0.25, -0.2) is 0 Å². The molecule has 0 unspecified atom stereocenters. The summed E-state index contributed by atoms with van der Waals surface area (Å²) in [7, 11) is 0. The monoisotopic (exact) mass is 192 g/mol. The van der Waals surface area contributed by atoms with Crippen LogP contribution < -0.4 is 0 Å². The summed E-state index contributed by atoms with van der Waals surface area (Å²) in [5, 5.41) is 0. The number of fused-ring (bicyclic) bond motifs is 1. The van der Waals surface area contributed by atoms with Crippen molar-refractivity contribution in [2.75, 3.05) is 0 Å². The first-order chi connectivity index (χ1) is 6.69. The molecule has 0 radical (unpaired) electrons. The van der Waals surface area contributed by atoms with E-state index in [4.69, 9.17) is 8.83 Å². The molecule has 2 aromatic heterocycles. The van der Waals surface area contributed by atoms with Crippen LogP contribution in [0.5, 0.6) is 0 Å². The van der Waals surface area contributed by atoms with Gasteiger partial charge in [0.2, 0.25) is 0 Å². The van der Waals surface area contributed by atoms with E-state index in [0.717, 1.165) is 35.5 Å². The Balaban J connectivity index is 2.78. The second-order valence-electron chi connectivity index (χ2n) is 3.64. The molecule has 0 aliphatic rings. The highest BCUT2D eigenvalue weighted by Crippen LogP contribution is 2.33. The van der Waals surface area contributed by atoms with Gasteiger partial charge < -0.3 is 8.83 Å². The van der Waals surface area contributed by atoms with Gasteiger partial charge in [-0.1, -0.05) is 13.8 Å². The Kier molecular flexibility index (Phi) is 2.14. The minimum atomic E-state index is 0.958. The van der Waals surface area contributed by atoms with Crippen LogP contribution in [-0.2, 0) is 12.8 Å². The third-order valence-electron chi connectivity index (χ3n) is 2.82. The van der Waals surface area contributed by atoms with Crippen LogP contribution in [-0.4, -0.2) is 0 Å². The number of furan rings is 2. The van der Waals surface area contributed by atoms with E-state index in [1.165, 1.54) is 11.1 Å². The molecule has 0 bridgehead atoms. The Hall–Kier alpha value is -1.18. The van der Waals surface area contributed by atoms with Gasteiger partial charge in [0.15, 0.2) is 11.2 Å². The molecule has 0 aromatic carbocycles. The van der Waals surface area contributed by atoms with Gasteiger partial charge in [0.25, 0.3) is 0 Å². The Morgan fingerprint density at radius 3 is 1.43 bits per heavy atom. The molecule has 14 heavy (non-hydrogen) atoms. The maximum absolute atomic E-state index is 5.74. The maximum atomic E-state index is 5.74. The largest absolute Gasteiger partial charge is 0.457 e. The smallest absolute Gasteiger partial charge is 0.176 e. The summed E-state index contributed by atoms with van der Waals surface area (Å²) in [5.74, 6) is 1.99. The predicted octanol–water partition coefficient (Wildman–Crippen LogP) is 3.77. The second-order valence-corrected chi connectivity index (χ2v) is 3.64. The summed E-state index contributed by atoms with van der Waals surface area (Å²) in [6, 6.07) is 0. The molecule has 0 atom stereocenters. The highest BCUT2D eigenvalue weighted by Gasteiger charge is 2.18. The van der Waals surface area contributed by atoms with E-state index in [1.54, 1.807) is 0 Å². The minimum Gasteiger partial charge on any atom is -0.457 e. The van der Waals surface area contributed by atoms with Crippen molar-refractivity contribution < 1.29 is 8.83 Å². The van der Waals surface area contributed by atoms with Crippen molar-refractivity contribution in [3.63, 3.8) is 0 Å². The molecule has 76 valence electrons. The lowest BCUT2D eigenvalue weighted by Gasteiger charge is -1.92. The molecule has 0 N–H and O–H groups in total. The Bertz CT molecular complexity index is 416. The van der Waals surface area contributed by atoms with Crippen LogP contribution in [0.1, 0.15) is 36.5 Å². The quantitative estimate of drug-likeness (QED) is 0.724. The van der Waals surface area contributed by atoms with E-state index in [-0.39, 0.29) is 0 Å². The molecule has 0 aliphatic carbocycles. The number of rotatable bonds is 2. The number of aryl methyl sites for hydroxylation is 4. The fourth-order valence-corrected chi connectivity index (χ4v) is 2.06. The third-order valence-corrected chi connectivity index (χ3v) is 2.82. The Morgan fingerprint density at radius 1 is 0.786 bits per heavy atom. The van der Waals surface area contributed by atoms with Crippen molar-refractivity contribution in [2.24, 2.45) is 0 Å². The van der Waals surface area contributed by atoms with E-state index in [1.807, 2.05) is 13.8 Å². The molecule has 2 nitrogen and oxygen atoms in total. The van der Waals surface area contributed by atoms with Gasteiger partial charge in [0.1, 0.15) is 11.5 Å². The van der Waals surface area contributed by atoms with E-state index >= 15 is 0 Å². The normalized spacial score (nSPS) is 11.4. The van der Waals surface area contributed by atoms with Gasteiger partial charge in [-0.2, -0.15) is 0 Å². The summed E-state index contributed by atoms with van der Waals surface area (Å²) in [6.07, 6.45) is 1.93. The first-order valence-corrected chi connectivity index (χ1v) is 5.19. The highest BCUT2D eigenvalue weighted by atomic mass is 16.4. The molecular formula is C12H16O2. The molecule has 0 saturated heterocycles. The van der Waals surface area contributed by atoms with Crippen LogP contribution in [0, 0.1) is 13.8 Å². The van der Waals surface area contributed by atoms with Crippen molar-refractivity contribution in [1.82, 2.24) is 0 Å². The van der Waals surface area contributed by atoms with Crippen LogP contribution in [0.25, 0.3) is 11.2 Å². The zero-order chi connectivity index (χ0) is 10.3. The van der Waals surface area contributed by atoms with Crippen molar-refractivity contribution in [1.29, 1.82) is 0 Å². The standard InChI is InChI=1S/C12H16O2/c1-5-9-7(3)13-12-10(6-2)8(4)14-11(9)12/h5-6H2,1-4H3.